The second kappa shape index (κ2) is 26.6. The summed E-state index contributed by atoms with van der Waals surface area (Å²) < 4.78 is 0. The predicted octanol–water partition coefficient (Wildman–Crippen LogP) is 25.8. The maximum absolute atomic E-state index is 3.06. The van der Waals surface area contributed by atoms with Crippen molar-refractivity contribution in [2.75, 3.05) is 0 Å². The second-order valence-corrected chi connectivity index (χ2v) is 25.9. The molecule has 0 nitrogen and oxygen atoms in total. The minimum absolute atomic E-state index is 0. The molecule has 2 fully saturated rings. The Balaban J connectivity index is 0.000000152. The average Bonchev–Trinajstić information content (AvgIpc) is 1.34. The van der Waals surface area contributed by atoms with Crippen molar-refractivity contribution >= 4 is 115 Å². The monoisotopic (exact) mass is 1270 g/mol. The van der Waals surface area contributed by atoms with E-state index in [1.54, 1.807) is 0 Å². The topological polar surface area (TPSA) is 0 Å². The van der Waals surface area contributed by atoms with Crippen LogP contribution < -0.4 is 0 Å². The number of rotatable bonds is 8. The molecule has 0 bridgehead atoms. The van der Waals surface area contributed by atoms with Gasteiger partial charge in [0.1, 0.15) is 0 Å². The predicted molar refractivity (Wildman–Crippen MR) is 400 cm³/mol. The van der Waals surface area contributed by atoms with Gasteiger partial charge in [-0.2, -0.15) is 12.1 Å². The molecule has 0 spiro atoms. The molecule has 18 rings (SSSR count). The number of hydrogen-bond donors (Lipinski definition) is 0. The molecule has 0 aliphatic heterocycles. The van der Waals surface area contributed by atoms with Crippen LogP contribution in [0.4, 0.5) is 0 Å². The van der Waals surface area contributed by atoms with Crippen molar-refractivity contribution in [2.45, 2.75) is 77.0 Å². The van der Waals surface area contributed by atoms with E-state index in [0.29, 0.717) is 0 Å². The molecule has 0 heterocycles. The van der Waals surface area contributed by atoms with Gasteiger partial charge < -0.3 is 14.9 Å². The van der Waals surface area contributed by atoms with Crippen LogP contribution in [0.25, 0.3) is 152 Å². The van der Waals surface area contributed by atoms with Gasteiger partial charge >= 0.3 is 30.2 Å². The molecule has 0 N–H and O–H groups in total. The number of fused-ring (bicyclic) bond motifs is 10. The molecule has 2 saturated carbocycles. The SMILES string of the molecule is [CH3-].[CH3-].[Si]=[Zr].c1ccc2c(-c3ccc(-c4c5ccccc5cc5ccccc45)c4[cH-]c(CC5CCCCC5)cc34)c3ccccc3cc2c1.c1ccc2c(-c3ccc(-c4c5ccccc5cc5ccccc45)c4[cH-]c(CC5CCCCC5)cc34)c3ccccc3cc2c1. The molecule has 0 unspecified atom stereocenters. The molecule has 16 aromatic carbocycles. The third-order valence-electron chi connectivity index (χ3n) is 20.6. The van der Waals surface area contributed by atoms with Crippen molar-refractivity contribution in [3.63, 3.8) is 0 Å². The van der Waals surface area contributed by atoms with Crippen molar-refractivity contribution in [3.05, 3.63) is 293 Å². The van der Waals surface area contributed by atoms with Crippen LogP contribution in [0.2, 0.25) is 0 Å². The van der Waals surface area contributed by atoms with Gasteiger partial charge in [0.2, 0.25) is 0 Å². The van der Waals surface area contributed by atoms with Crippen LogP contribution in [0, 0.1) is 26.7 Å². The molecule has 16 aromatic rings. The first-order valence-electron chi connectivity index (χ1n) is 33.0. The quantitative estimate of drug-likeness (QED) is 0.0808. The van der Waals surface area contributed by atoms with Crippen LogP contribution in [0.3, 0.4) is 0 Å². The summed E-state index contributed by atoms with van der Waals surface area (Å²) in [6.07, 6.45) is 16.1. The molecule has 0 saturated heterocycles. The summed E-state index contributed by atoms with van der Waals surface area (Å²) in [7, 11) is 0. The Hall–Kier alpha value is -8.52. The molecule has 2 aliphatic rings. The minimum atomic E-state index is 0. The molecular formula is C90H76SiZr-4. The number of benzene rings is 14. The van der Waals surface area contributed by atoms with Gasteiger partial charge in [-0.25, -0.2) is 0 Å². The summed E-state index contributed by atoms with van der Waals surface area (Å²) in [6.45, 7) is 3.06. The van der Waals surface area contributed by atoms with Crippen molar-refractivity contribution < 1.29 is 23.3 Å². The normalized spacial score (nSPS) is 13.8. The molecule has 0 atom stereocenters. The van der Waals surface area contributed by atoms with Gasteiger partial charge in [0, 0.05) is 0 Å². The van der Waals surface area contributed by atoms with Crippen molar-refractivity contribution in [1.29, 1.82) is 0 Å². The minimum Gasteiger partial charge on any atom is -0.164 e. The Labute approximate surface area is 559 Å². The average molecular weight is 1280 g/mol. The van der Waals surface area contributed by atoms with Crippen LogP contribution in [0.15, 0.2) is 267 Å². The van der Waals surface area contributed by atoms with Crippen LogP contribution >= 0.6 is 0 Å². The third kappa shape index (κ3) is 11.2. The fraction of sp³-hybridized carbons (Fsp3) is 0.156. The van der Waals surface area contributed by atoms with Crippen molar-refractivity contribution in [3.8, 4) is 44.5 Å². The van der Waals surface area contributed by atoms with Crippen LogP contribution in [-0.2, 0) is 36.2 Å². The zero-order valence-electron chi connectivity index (χ0n) is 53.0. The molecule has 0 aromatic heterocycles. The Morgan fingerprint density at radius 2 is 0.478 bits per heavy atom. The molecule has 92 heavy (non-hydrogen) atoms. The van der Waals surface area contributed by atoms with E-state index >= 15 is 0 Å². The van der Waals surface area contributed by atoms with Crippen LogP contribution in [-0.4, -0.2) is 6.88 Å². The van der Waals surface area contributed by atoms with E-state index in [1.807, 2.05) is 0 Å². The van der Waals surface area contributed by atoms with E-state index in [2.05, 4.69) is 274 Å². The maximum atomic E-state index is 3.06. The first kappa shape index (κ1) is 61.0. The van der Waals surface area contributed by atoms with E-state index in [-0.39, 0.29) is 14.9 Å². The number of hydrogen-bond acceptors (Lipinski definition) is 0. The molecule has 448 valence electrons. The molecular weight excluding hydrogens is 1200 g/mol. The van der Waals surface area contributed by atoms with Gasteiger partial charge in [-0.05, 0) is 157 Å². The molecule has 0 amide bonds. The Morgan fingerprint density at radius 1 is 0.261 bits per heavy atom. The maximum Gasteiger partial charge on any atom is -0.0107 e. The van der Waals surface area contributed by atoms with E-state index in [9.17, 15) is 0 Å². The molecule has 2 radical (unpaired) electrons. The first-order chi connectivity index (χ1) is 44.6. The molecule has 2 aliphatic carbocycles. The summed E-state index contributed by atoms with van der Waals surface area (Å²) in [6, 6.07) is 101. The van der Waals surface area contributed by atoms with Crippen molar-refractivity contribution in [2.24, 2.45) is 11.8 Å². The second-order valence-electron chi connectivity index (χ2n) is 25.9. The zero-order chi connectivity index (χ0) is 60.1. The van der Waals surface area contributed by atoms with E-state index in [0.717, 1.165) is 11.8 Å². The summed E-state index contributed by atoms with van der Waals surface area (Å²) in [5.74, 6) is 1.59. The van der Waals surface area contributed by atoms with Gasteiger partial charge in [-0.15, -0.1) is 44.8 Å². The fourth-order valence-electron chi connectivity index (χ4n) is 16.5. The largest absolute Gasteiger partial charge is 0.164 e. The van der Waals surface area contributed by atoms with E-state index in [4.69, 9.17) is 0 Å². The van der Waals surface area contributed by atoms with Crippen LogP contribution in [0.1, 0.15) is 75.3 Å². The first-order valence-corrected chi connectivity index (χ1v) is 37.2. The van der Waals surface area contributed by atoms with Gasteiger partial charge in [-0.1, -0.05) is 305 Å². The van der Waals surface area contributed by atoms with Gasteiger partial charge in [0.25, 0.3) is 0 Å². The fourth-order valence-corrected chi connectivity index (χ4v) is 16.5. The summed E-state index contributed by atoms with van der Waals surface area (Å²) in [4.78, 5) is 0. The van der Waals surface area contributed by atoms with Crippen LogP contribution in [0.5, 0.6) is 0 Å². The Bertz CT molecular complexity index is 4530. The van der Waals surface area contributed by atoms with Gasteiger partial charge in [0.05, 0.1) is 0 Å². The van der Waals surface area contributed by atoms with Crippen molar-refractivity contribution in [1.82, 2.24) is 0 Å². The smallest absolute Gasteiger partial charge is 0.0107 e. The third-order valence-corrected chi connectivity index (χ3v) is 20.6. The Kier molecular flexibility index (Phi) is 17.6. The van der Waals surface area contributed by atoms with Gasteiger partial charge in [-0.3, -0.25) is 0 Å². The van der Waals surface area contributed by atoms with E-state index < -0.39 is 0 Å². The zero-order valence-corrected chi connectivity index (χ0v) is 56.5. The summed E-state index contributed by atoms with van der Waals surface area (Å²) >= 11 is 1.36. The Morgan fingerprint density at radius 3 is 0.728 bits per heavy atom. The molecule has 2 heteroatoms. The van der Waals surface area contributed by atoms with E-state index in [1.165, 1.54) is 264 Å². The van der Waals surface area contributed by atoms with Gasteiger partial charge in [0.15, 0.2) is 0 Å². The standard InChI is InChI=1S/2C44H35.2CH3.Si.Zr/c2*1-2-12-29(13-3-1)24-30-25-41-39(43-35-18-8-4-14-31(35)27-32-15-5-9-19-36(32)43)22-23-40(42(41)26-30)44-37-20-10-6-16-33(37)28-34-17-7-11-21-38(34)44;;;;/h2*4-11,14-23,25-29H,1-3,12-13,24H2;2*1H3;;/q4*-1;;. The summed E-state index contributed by atoms with van der Waals surface area (Å²) in [5, 5.41) is 26.5. The summed E-state index contributed by atoms with van der Waals surface area (Å²) in [5.41, 5.74) is 13.8.